The van der Waals surface area contributed by atoms with E-state index in [1.807, 2.05) is 45.0 Å². The lowest BCUT2D eigenvalue weighted by atomic mass is 10.1. The molecule has 0 aliphatic rings. The molecule has 0 aromatic heterocycles. The Morgan fingerprint density at radius 3 is 2.23 bits per heavy atom. The van der Waals surface area contributed by atoms with Crippen molar-refractivity contribution in [1.29, 1.82) is 0 Å². The molecule has 5 nitrogen and oxygen atoms in total. The van der Waals surface area contributed by atoms with Crippen molar-refractivity contribution in [1.82, 2.24) is 16.0 Å². The van der Waals surface area contributed by atoms with Crippen LogP contribution in [-0.2, 0) is 13.0 Å². The smallest absolute Gasteiger partial charge is 0.251 e. The predicted molar refractivity (Wildman–Crippen MR) is 132 cm³/mol. The minimum absolute atomic E-state index is 0. The van der Waals surface area contributed by atoms with Gasteiger partial charge in [-0.05, 0) is 62.1 Å². The Balaban J connectivity index is 0.00000450. The van der Waals surface area contributed by atoms with Crippen LogP contribution in [0, 0.1) is 5.82 Å². The summed E-state index contributed by atoms with van der Waals surface area (Å²) < 4.78 is 13.0. The van der Waals surface area contributed by atoms with Crippen molar-refractivity contribution in [2.24, 2.45) is 4.99 Å². The highest BCUT2D eigenvalue weighted by Crippen LogP contribution is 2.07. The van der Waals surface area contributed by atoms with Gasteiger partial charge in [0.1, 0.15) is 5.82 Å². The number of benzene rings is 2. The standard InChI is InChI=1S/C23H31FN4O.HI/c1-4-17(3)28-22(29)20-10-6-19(7-11-20)16-27-23(25-5-2)26-15-14-18-8-12-21(24)13-9-18;/h6-13,17H,4-5,14-16H2,1-3H3,(H,28,29)(H2,25,26,27);1H. The average Bonchev–Trinajstić information content (AvgIpc) is 2.73. The highest BCUT2D eigenvalue weighted by molar-refractivity contribution is 14.0. The number of hydrogen-bond acceptors (Lipinski definition) is 2. The number of carbonyl (C=O) groups is 1. The van der Waals surface area contributed by atoms with E-state index in [1.165, 1.54) is 12.1 Å². The normalized spacial score (nSPS) is 11.9. The molecule has 0 saturated heterocycles. The molecule has 0 heterocycles. The van der Waals surface area contributed by atoms with E-state index in [0.29, 0.717) is 18.7 Å². The Kier molecular flexibility index (Phi) is 12.0. The number of nitrogens with one attached hydrogen (secondary N) is 3. The maximum atomic E-state index is 13.0. The van der Waals surface area contributed by atoms with Gasteiger partial charge in [0.2, 0.25) is 0 Å². The van der Waals surface area contributed by atoms with E-state index in [0.717, 1.165) is 36.5 Å². The number of nitrogens with zero attached hydrogens (tertiary/aromatic N) is 1. The molecule has 0 fully saturated rings. The molecule has 0 aliphatic heterocycles. The molecule has 1 unspecified atom stereocenters. The Hall–Kier alpha value is -2.16. The van der Waals surface area contributed by atoms with Crippen LogP contribution in [-0.4, -0.2) is 31.0 Å². The minimum Gasteiger partial charge on any atom is -0.357 e. The summed E-state index contributed by atoms with van der Waals surface area (Å²) in [5, 5.41) is 9.48. The number of hydrogen-bond donors (Lipinski definition) is 3. The van der Waals surface area contributed by atoms with E-state index in [4.69, 9.17) is 0 Å². The van der Waals surface area contributed by atoms with E-state index in [-0.39, 0.29) is 41.7 Å². The van der Waals surface area contributed by atoms with Gasteiger partial charge in [0.25, 0.3) is 5.91 Å². The molecule has 30 heavy (non-hydrogen) atoms. The van der Waals surface area contributed by atoms with Gasteiger partial charge >= 0.3 is 0 Å². The van der Waals surface area contributed by atoms with Crippen LogP contribution in [0.5, 0.6) is 0 Å². The van der Waals surface area contributed by atoms with E-state index < -0.39 is 0 Å². The predicted octanol–water partition coefficient (Wildman–Crippen LogP) is 4.27. The van der Waals surface area contributed by atoms with E-state index in [2.05, 4.69) is 20.9 Å². The lowest BCUT2D eigenvalue weighted by Gasteiger charge is -2.12. The molecular formula is C23H32FIN4O. The third-order valence-corrected chi connectivity index (χ3v) is 4.59. The summed E-state index contributed by atoms with van der Waals surface area (Å²) in [4.78, 5) is 16.7. The van der Waals surface area contributed by atoms with Crippen molar-refractivity contribution in [2.75, 3.05) is 13.1 Å². The number of aliphatic imine (C=N–C) groups is 1. The third kappa shape index (κ3) is 9.11. The number of rotatable bonds is 9. The van der Waals surface area contributed by atoms with Gasteiger partial charge in [0.15, 0.2) is 5.96 Å². The van der Waals surface area contributed by atoms with Crippen molar-refractivity contribution in [3.63, 3.8) is 0 Å². The number of guanidine groups is 1. The Labute approximate surface area is 196 Å². The van der Waals surface area contributed by atoms with Gasteiger partial charge in [-0.15, -0.1) is 24.0 Å². The summed E-state index contributed by atoms with van der Waals surface area (Å²) in [5.41, 5.74) is 2.75. The lowest BCUT2D eigenvalue weighted by Crippen LogP contribution is -2.38. The molecule has 0 saturated carbocycles. The molecule has 2 aromatic rings. The Bertz CT molecular complexity index is 794. The van der Waals surface area contributed by atoms with E-state index in [1.54, 1.807) is 12.1 Å². The van der Waals surface area contributed by atoms with Gasteiger partial charge in [0.05, 0.1) is 6.54 Å². The number of halogens is 2. The first-order valence-electron chi connectivity index (χ1n) is 10.2. The average molecular weight is 526 g/mol. The van der Waals surface area contributed by atoms with Gasteiger partial charge < -0.3 is 16.0 Å². The molecule has 0 aliphatic carbocycles. The molecule has 0 spiro atoms. The largest absolute Gasteiger partial charge is 0.357 e. The first kappa shape index (κ1) is 25.9. The Morgan fingerprint density at radius 2 is 1.63 bits per heavy atom. The van der Waals surface area contributed by atoms with Crippen LogP contribution >= 0.6 is 24.0 Å². The number of carbonyl (C=O) groups excluding carboxylic acids is 1. The lowest BCUT2D eigenvalue weighted by molar-refractivity contribution is 0.0939. The fraction of sp³-hybridized carbons (Fsp3) is 0.391. The summed E-state index contributed by atoms with van der Waals surface area (Å²) in [5.74, 6) is 0.457. The van der Waals surface area contributed by atoms with Crippen LogP contribution < -0.4 is 16.0 Å². The van der Waals surface area contributed by atoms with Crippen LogP contribution in [0.4, 0.5) is 4.39 Å². The highest BCUT2D eigenvalue weighted by atomic mass is 127. The van der Waals surface area contributed by atoms with Crippen molar-refractivity contribution in [2.45, 2.75) is 46.2 Å². The second kappa shape index (κ2) is 14.0. The maximum Gasteiger partial charge on any atom is 0.251 e. The van der Waals surface area contributed by atoms with Crippen molar-refractivity contribution in [3.05, 3.63) is 71.0 Å². The molecule has 7 heteroatoms. The molecule has 164 valence electrons. The second-order valence-corrected chi connectivity index (χ2v) is 6.98. The summed E-state index contributed by atoms with van der Waals surface area (Å²) in [6.07, 6.45) is 1.69. The zero-order valence-electron chi connectivity index (χ0n) is 17.9. The van der Waals surface area contributed by atoms with Crippen molar-refractivity contribution >= 4 is 35.8 Å². The topological polar surface area (TPSA) is 65.5 Å². The monoisotopic (exact) mass is 526 g/mol. The summed E-state index contributed by atoms with van der Waals surface area (Å²) >= 11 is 0. The van der Waals surface area contributed by atoms with Crippen molar-refractivity contribution < 1.29 is 9.18 Å². The third-order valence-electron chi connectivity index (χ3n) is 4.59. The molecule has 2 rings (SSSR count). The minimum atomic E-state index is -0.222. The van der Waals surface area contributed by atoms with Crippen LogP contribution in [0.15, 0.2) is 53.5 Å². The van der Waals surface area contributed by atoms with Gasteiger partial charge in [0, 0.05) is 24.7 Å². The molecular weight excluding hydrogens is 494 g/mol. The molecule has 0 bridgehead atoms. The van der Waals surface area contributed by atoms with E-state index in [9.17, 15) is 9.18 Å². The van der Waals surface area contributed by atoms with Crippen LogP contribution in [0.3, 0.4) is 0 Å². The van der Waals surface area contributed by atoms with Crippen molar-refractivity contribution in [3.8, 4) is 0 Å². The van der Waals surface area contributed by atoms with Crippen LogP contribution in [0.25, 0.3) is 0 Å². The molecule has 1 amide bonds. The first-order chi connectivity index (χ1) is 14.0. The maximum absolute atomic E-state index is 13.0. The van der Waals surface area contributed by atoms with E-state index >= 15 is 0 Å². The molecule has 2 aromatic carbocycles. The zero-order valence-corrected chi connectivity index (χ0v) is 20.2. The molecule has 0 radical (unpaired) electrons. The van der Waals surface area contributed by atoms with Gasteiger partial charge in [-0.3, -0.25) is 4.79 Å². The second-order valence-electron chi connectivity index (χ2n) is 6.98. The van der Waals surface area contributed by atoms with Gasteiger partial charge in [-0.1, -0.05) is 31.2 Å². The van der Waals surface area contributed by atoms with Gasteiger partial charge in [-0.25, -0.2) is 9.38 Å². The van der Waals surface area contributed by atoms with Crippen LogP contribution in [0.2, 0.25) is 0 Å². The fourth-order valence-electron chi connectivity index (χ4n) is 2.66. The quantitative estimate of drug-likeness (QED) is 0.260. The first-order valence-corrected chi connectivity index (χ1v) is 10.2. The van der Waals surface area contributed by atoms with Crippen LogP contribution in [0.1, 0.15) is 48.7 Å². The Morgan fingerprint density at radius 1 is 1.00 bits per heavy atom. The highest BCUT2D eigenvalue weighted by Gasteiger charge is 2.08. The summed E-state index contributed by atoms with van der Waals surface area (Å²) in [6.45, 7) is 8.03. The number of amides is 1. The SMILES string of the molecule is CCNC(=NCc1ccc(C(=O)NC(C)CC)cc1)NCCc1ccc(F)cc1.I. The molecule has 3 N–H and O–H groups in total. The van der Waals surface area contributed by atoms with Gasteiger partial charge in [-0.2, -0.15) is 0 Å². The summed E-state index contributed by atoms with van der Waals surface area (Å²) in [6, 6.07) is 14.2. The summed E-state index contributed by atoms with van der Waals surface area (Å²) in [7, 11) is 0. The molecule has 1 atom stereocenters. The fourth-order valence-corrected chi connectivity index (χ4v) is 2.66. The zero-order chi connectivity index (χ0) is 21.1.